The molecule has 0 saturated heterocycles. The van der Waals surface area contributed by atoms with Gasteiger partial charge < -0.3 is 10.6 Å². The lowest BCUT2D eigenvalue weighted by Crippen LogP contribution is -2.22. The highest BCUT2D eigenvalue weighted by Crippen LogP contribution is 2.25. The maximum atomic E-state index is 12.2. The summed E-state index contributed by atoms with van der Waals surface area (Å²) >= 11 is 11.9. The van der Waals surface area contributed by atoms with Crippen LogP contribution in [0.2, 0.25) is 10.0 Å². The molecule has 4 nitrogen and oxygen atoms in total. The fourth-order valence-corrected chi connectivity index (χ4v) is 2.66. The number of nitrogens with one attached hydrogen (secondary N) is 2. The van der Waals surface area contributed by atoms with Crippen LogP contribution >= 0.6 is 23.2 Å². The lowest BCUT2D eigenvalue weighted by atomic mass is 10.1. The van der Waals surface area contributed by atoms with Crippen molar-refractivity contribution in [2.75, 3.05) is 10.6 Å². The van der Waals surface area contributed by atoms with E-state index in [2.05, 4.69) is 10.6 Å². The zero-order valence-corrected chi connectivity index (χ0v) is 15.0. The number of hydrogen-bond donors (Lipinski definition) is 2. The van der Waals surface area contributed by atoms with Crippen molar-refractivity contribution in [1.29, 1.82) is 0 Å². The molecule has 2 aromatic carbocycles. The van der Waals surface area contributed by atoms with Gasteiger partial charge in [0.25, 0.3) is 0 Å². The molecule has 0 aliphatic heterocycles. The predicted molar refractivity (Wildman–Crippen MR) is 98.9 cm³/mol. The molecule has 0 spiro atoms. The molecule has 2 aromatic rings. The number of benzene rings is 2. The van der Waals surface area contributed by atoms with Crippen LogP contribution in [0.15, 0.2) is 36.4 Å². The standard InChI is InChI=1S/C18H18Cl2N2O2/c1-3-12-6-4-5-11(2)18(12)22-17(24)10-16(23)21-15-9-13(19)7-8-14(15)20/h4-9H,3,10H2,1-2H3,(H,21,23)(H,22,24). The van der Waals surface area contributed by atoms with Crippen LogP contribution in [0.25, 0.3) is 0 Å². The van der Waals surface area contributed by atoms with E-state index in [4.69, 9.17) is 23.2 Å². The van der Waals surface area contributed by atoms with Crippen LogP contribution in [0.3, 0.4) is 0 Å². The number of carbonyl (C=O) groups is 2. The Hall–Kier alpha value is -2.04. The van der Waals surface area contributed by atoms with Gasteiger partial charge in [0, 0.05) is 10.7 Å². The van der Waals surface area contributed by atoms with Crippen molar-refractivity contribution in [3.05, 3.63) is 57.6 Å². The van der Waals surface area contributed by atoms with Gasteiger partial charge in [-0.2, -0.15) is 0 Å². The molecule has 0 unspecified atom stereocenters. The molecule has 2 rings (SSSR count). The van der Waals surface area contributed by atoms with Gasteiger partial charge >= 0.3 is 0 Å². The molecule has 0 atom stereocenters. The van der Waals surface area contributed by atoms with Crippen LogP contribution < -0.4 is 10.6 Å². The summed E-state index contributed by atoms with van der Waals surface area (Å²) in [6.07, 6.45) is 0.488. The highest BCUT2D eigenvalue weighted by Gasteiger charge is 2.14. The van der Waals surface area contributed by atoms with Gasteiger partial charge in [-0.1, -0.05) is 48.3 Å². The van der Waals surface area contributed by atoms with E-state index in [1.807, 2.05) is 32.0 Å². The number of para-hydroxylation sites is 1. The number of halogens is 2. The Morgan fingerprint density at radius 2 is 1.75 bits per heavy atom. The molecule has 0 fully saturated rings. The topological polar surface area (TPSA) is 58.2 Å². The fourth-order valence-electron chi connectivity index (χ4n) is 2.32. The van der Waals surface area contributed by atoms with Crippen molar-refractivity contribution in [1.82, 2.24) is 0 Å². The minimum Gasteiger partial charge on any atom is -0.325 e. The van der Waals surface area contributed by atoms with Crippen molar-refractivity contribution in [3.63, 3.8) is 0 Å². The van der Waals surface area contributed by atoms with E-state index >= 15 is 0 Å². The molecule has 126 valence electrons. The molecule has 0 aliphatic carbocycles. The number of rotatable bonds is 5. The molecule has 0 radical (unpaired) electrons. The second kappa shape index (κ2) is 8.18. The first kappa shape index (κ1) is 18.3. The maximum absolute atomic E-state index is 12.2. The van der Waals surface area contributed by atoms with Gasteiger partial charge in [0.05, 0.1) is 10.7 Å². The second-order valence-electron chi connectivity index (χ2n) is 5.36. The van der Waals surface area contributed by atoms with Crippen LogP contribution in [0.1, 0.15) is 24.5 Å². The Balaban J connectivity index is 2.02. The third kappa shape index (κ3) is 4.73. The van der Waals surface area contributed by atoms with Crippen LogP contribution in [-0.2, 0) is 16.0 Å². The molecule has 0 aliphatic rings. The summed E-state index contributed by atoms with van der Waals surface area (Å²) in [5, 5.41) is 6.22. The largest absolute Gasteiger partial charge is 0.325 e. The van der Waals surface area contributed by atoms with Crippen molar-refractivity contribution in [2.45, 2.75) is 26.7 Å². The molecular formula is C18H18Cl2N2O2. The average Bonchev–Trinajstić information content (AvgIpc) is 2.52. The van der Waals surface area contributed by atoms with E-state index in [9.17, 15) is 9.59 Å². The predicted octanol–water partition coefficient (Wildman–Crippen LogP) is 4.83. The molecule has 0 saturated carbocycles. The Bertz CT molecular complexity index is 776. The van der Waals surface area contributed by atoms with Gasteiger partial charge in [-0.15, -0.1) is 0 Å². The lowest BCUT2D eigenvalue weighted by molar-refractivity contribution is -0.123. The minimum atomic E-state index is -0.455. The van der Waals surface area contributed by atoms with Crippen molar-refractivity contribution in [3.8, 4) is 0 Å². The summed E-state index contributed by atoms with van der Waals surface area (Å²) in [6, 6.07) is 10.6. The monoisotopic (exact) mass is 364 g/mol. The summed E-state index contributed by atoms with van der Waals surface area (Å²) < 4.78 is 0. The molecular weight excluding hydrogens is 347 g/mol. The molecule has 6 heteroatoms. The van der Waals surface area contributed by atoms with E-state index in [0.717, 1.165) is 23.2 Å². The second-order valence-corrected chi connectivity index (χ2v) is 6.20. The first-order chi connectivity index (χ1) is 11.4. The molecule has 2 N–H and O–H groups in total. The van der Waals surface area contributed by atoms with Gasteiger partial charge in [0.2, 0.25) is 11.8 Å². The highest BCUT2D eigenvalue weighted by atomic mass is 35.5. The SMILES string of the molecule is CCc1cccc(C)c1NC(=O)CC(=O)Nc1cc(Cl)ccc1Cl. The molecule has 0 heterocycles. The molecule has 0 aromatic heterocycles. The Morgan fingerprint density at radius 1 is 1.04 bits per heavy atom. The Kier molecular flexibility index (Phi) is 6.23. The quantitative estimate of drug-likeness (QED) is 0.746. The first-order valence-electron chi connectivity index (χ1n) is 7.54. The normalized spacial score (nSPS) is 10.3. The van der Waals surface area contributed by atoms with Gasteiger partial charge in [-0.05, 0) is 42.7 Å². The number of aryl methyl sites for hydroxylation is 2. The lowest BCUT2D eigenvalue weighted by Gasteiger charge is -2.13. The Labute approximate surface area is 151 Å². The van der Waals surface area contributed by atoms with Crippen molar-refractivity contribution in [2.24, 2.45) is 0 Å². The minimum absolute atomic E-state index is 0.305. The van der Waals surface area contributed by atoms with Gasteiger partial charge in [0.15, 0.2) is 0 Å². The Morgan fingerprint density at radius 3 is 2.46 bits per heavy atom. The van der Waals surface area contributed by atoms with E-state index in [0.29, 0.717) is 15.7 Å². The average molecular weight is 365 g/mol. The first-order valence-corrected chi connectivity index (χ1v) is 8.29. The number of carbonyl (C=O) groups excluding carboxylic acids is 2. The van der Waals surface area contributed by atoms with Gasteiger partial charge in [0.1, 0.15) is 6.42 Å². The summed E-state index contributed by atoms with van der Waals surface area (Å²) in [5.74, 6) is -0.835. The highest BCUT2D eigenvalue weighted by molar-refractivity contribution is 6.35. The zero-order valence-electron chi connectivity index (χ0n) is 13.5. The van der Waals surface area contributed by atoms with Gasteiger partial charge in [-0.3, -0.25) is 9.59 Å². The molecule has 0 bridgehead atoms. The van der Waals surface area contributed by atoms with Crippen LogP contribution in [0.4, 0.5) is 11.4 Å². The maximum Gasteiger partial charge on any atom is 0.233 e. The van der Waals surface area contributed by atoms with E-state index in [1.165, 1.54) is 6.07 Å². The number of anilines is 2. The third-order valence-corrected chi connectivity index (χ3v) is 4.09. The molecule has 2 amide bonds. The van der Waals surface area contributed by atoms with Crippen LogP contribution in [0.5, 0.6) is 0 Å². The van der Waals surface area contributed by atoms with E-state index in [-0.39, 0.29) is 12.3 Å². The van der Waals surface area contributed by atoms with E-state index < -0.39 is 5.91 Å². The summed E-state index contributed by atoms with van der Waals surface area (Å²) in [6.45, 7) is 3.93. The van der Waals surface area contributed by atoms with Crippen LogP contribution in [-0.4, -0.2) is 11.8 Å². The van der Waals surface area contributed by atoms with E-state index in [1.54, 1.807) is 12.1 Å². The van der Waals surface area contributed by atoms with Crippen molar-refractivity contribution >= 4 is 46.4 Å². The summed E-state index contributed by atoms with van der Waals surface area (Å²) in [4.78, 5) is 24.2. The summed E-state index contributed by atoms with van der Waals surface area (Å²) in [5.41, 5.74) is 3.13. The smallest absolute Gasteiger partial charge is 0.233 e. The van der Waals surface area contributed by atoms with Crippen LogP contribution in [0, 0.1) is 6.92 Å². The zero-order chi connectivity index (χ0) is 17.7. The fraction of sp³-hybridized carbons (Fsp3) is 0.222. The third-order valence-electron chi connectivity index (χ3n) is 3.53. The molecule has 24 heavy (non-hydrogen) atoms. The van der Waals surface area contributed by atoms with Gasteiger partial charge in [-0.25, -0.2) is 0 Å². The summed E-state index contributed by atoms with van der Waals surface area (Å²) in [7, 11) is 0. The van der Waals surface area contributed by atoms with Crippen molar-refractivity contribution < 1.29 is 9.59 Å². The number of hydrogen-bond acceptors (Lipinski definition) is 2. The number of amides is 2.